The summed E-state index contributed by atoms with van der Waals surface area (Å²) in [7, 11) is 0. The Labute approximate surface area is 184 Å². The number of ketones is 1. The summed E-state index contributed by atoms with van der Waals surface area (Å²) in [6.45, 7) is 1.23. The van der Waals surface area contributed by atoms with Crippen molar-refractivity contribution in [2.75, 3.05) is 12.4 Å². The number of hydrogen-bond acceptors (Lipinski definition) is 5. The quantitative estimate of drug-likeness (QED) is 0.213. The van der Waals surface area contributed by atoms with Gasteiger partial charge in [0.2, 0.25) is 0 Å². The Hall–Kier alpha value is -2.15. The molecule has 1 aromatic heterocycles. The lowest BCUT2D eigenvalue weighted by Crippen LogP contribution is -2.28. The van der Waals surface area contributed by atoms with Crippen LogP contribution in [0.5, 0.6) is 0 Å². The molecule has 0 saturated carbocycles. The summed E-state index contributed by atoms with van der Waals surface area (Å²) in [5.41, 5.74) is 1.25. The normalized spacial score (nSPS) is 16.2. The molecule has 7 heteroatoms. The zero-order chi connectivity index (χ0) is 20.9. The average molecular weight is 443 g/mol. The molecule has 3 aromatic rings. The minimum absolute atomic E-state index is 0.0354. The van der Waals surface area contributed by atoms with Crippen molar-refractivity contribution in [2.45, 2.75) is 43.5 Å². The van der Waals surface area contributed by atoms with Crippen molar-refractivity contribution in [3.05, 3.63) is 69.5 Å². The van der Waals surface area contributed by atoms with Crippen molar-refractivity contribution < 1.29 is 9.53 Å². The van der Waals surface area contributed by atoms with Crippen molar-refractivity contribution in [3.63, 3.8) is 0 Å². The van der Waals surface area contributed by atoms with E-state index in [4.69, 9.17) is 21.3 Å². The van der Waals surface area contributed by atoms with Gasteiger partial charge in [0.05, 0.1) is 23.6 Å². The third-order valence-corrected chi connectivity index (χ3v) is 6.47. The Morgan fingerprint density at radius 1 is 1.23 bits per heavy atom. The highest BCUT2D eigenvalue weighted by molar-refractivity contribution is 7.99. The average Bonchev–Trinajstić information content (AvgIpc) is 3.27. The van der Waals surface area contributed by atoms with Gasteiger partial charge in [0, 0.05) is 29.4 Å². The lowest BCUT2D eigenvalue weighted by atomic mass is 10.1. The molecular weight excluding hydrogens is 420 g/mol. The molecule has 1 atom stereocenters. The minimum Gasteiger partial charge on any atom is -0.376 e. The second-order valence-electron chi connectivity index (χ2n) is 7.35. The third kappa shape index (κ3) is 4.94. The van der Waals surface area contributed by atoms with E-state index >= 15 is 0 Å². The highest BCUT2D eigenvalue weighted by Crippen LogP contribution is 2.23. The summed E-state index contributed by atoms with van der Waals surface area (Å²) in [5.74, 6) is 0.828. The van der Waals surface area contributed by atoms with Gasteiger partial charge < -0.3 is 4.74 Å². The first-order valence-corrected chi connectivity index (χ1v) is 11.5. The lowest BCUT2D eigenvalue weighted by Gasteiger charge is -2.16. The maximum absolute atomic E-state index is 13.1. The molecule has 0 amide bonds. The van der Waals surface area contributed by atoms with E-state index in [2.05, 4.69) is 0 Å². The van der Waals surface area contributed by atoms with Crippen molar-refractivity contribution >= 4 is 40.0 Å². The maximum Gasteiger partial charge on any atom is 0.262 e. The molecule has 0 radical (unpaired) electrons. The van der Waals surface area contributed by atoms with Crippen molar-refractivity contribution in [3.8, 4) is 0 Å². The van der Waals surface area contributed by atoms with Crippen LogP contribution in [0.25, 0.3) is 10.9 Å². The number of thioether (sulfide) groups is 1. The zero-order valence-corrected chi connectivity index (χ0v) is 18.1. The Morgan fingerprint density at radius 3 is 2.83 bits per heavy atom. The van der Waals surface area contributed by atoms with E-state index < -0.39 is 0 Å². The van der Waals surface area contributed by atoms with E-state index in [9.17, 15) is 9.59 Å². The number of carbonyl (C=O) groups is 1. The van der Waals surface area contributed by atoms with Crippen LogP contribution < -0.4 is 5.56 Å². The molecule has 0 spiro atoms. The van der Waals surface area contributed by atoms with Gasteiger partial charge in [0.25, 0.3) is 5.56 Å². The van der Waals surface area contributed by atoms with Gasteiger partial charge in [-0.3, -0.25) is 14.2 Å². The molecule has 5 nitrogen and oxygen atoms in total. The molecule has 0 bridgehead atoms. The second-order valence-corrected chi connectivity index (χ2v) is 8.85. The van der Waals surface area contributed by atoms with Gasteiger partial charge in [-0.05, 0) is 37.5 Å². The molecular formula is C23H23ClN2O3S. The van der Waals surface area contributed by atoms with Gasteiger partial charge >= 0.3 is 0 Å². The number of carbonyl (C=O) groups excluding carboxylic acids is 1. The number of hydrogen-bond donors (Lipinski definition) is 0. The highest BCUT2D eigenvalue weighted by Gasteiger charge is 2.20. The first kappa shape index (κ1) is 21.1. The Bertz CT molecular complexity index is 1090. The molecule has 1 aliphatic rings. The van der Waals surface area contributed by atoms with Gasteiger partial charge in [-0.2, -0.15) is 0 Å². The van der Waals surface area contributed by atoms with Crippen LogP contribution in [0.2, 0.25) is 5.02 Å². The predicted octanol–water partition coefficient (Wildman–Crippen LogP) is 4.98. The smallest absolute Gasteiger partial charge is 0.262 e. The summed E-state index contributed by atoms with van der Waals surface area (Å²) >= 11 is 7.61. The summed E-state index contributed by atoms with van der Waals surface area (Å²) < 4.78 is 7.46. The fraction of sp³-hybridized carbons (Fsp3) is 0.348. The molecule has 0 unspecified atom stereocenters. The van der Waals surface area contributed by atoms with Gasteiger partial charge in [-0.15, -0.1) is 0 Å². The molecule has 156 valence electrons. The summed E-state index contributed by atoms with van der Waals surface area (Å²) in [6.07, 6.45) is 3.17. The topological polar surface area (TPSA) is 61.2 Å². The molecule has 1 fully saturated rings. The van der Waals surface area contributed by atoms with Crippen LogP contribution in [-0.2, 0) is 11.3 Å². The summed E-state index contributed by atoms with van der Waals surface area (Å²) in [4.78, 5) is 30.2. The Morgan fingerprint density at radius 2 is 2.07 bits per heavy atom. The number of aromatic nitrogens is 2. The molecule has 0 N–H and O–H groups in total. The van der Waals surface area contributed by atoms with E-state index in [1.807, 2.05) is 30.3 Å². The van der Waals surface area contributed by atoms with Crippen LogP contribution in [-0.4, -0.2) is 33.8 Å². The Balaban J connectivity index is 1.50. The van der Waals surface area contributed by atoms with Crippen LogP contribution in [0.1, 0.15) is 36.0 Å². The van der Waals surface area contributed by atoms with Crippen LogP contribution in [0.3, 0.4) is 0 Å². The van der Waals surface area contributed by atoms with Crippen LogP contribution in [0.15, 0.2) is 58.5 Å². The highest BCUT2D eigenvalue weighted by atomic mass is 35.5. The van der Waals surface area contributed by atoms with Gasteiger partial charge in [0.15, 0.2) is 10.9 Å². The SMILES string of the molecule is O=C(CCCSc1nc2cc(Cl)ccc2c(=O)n1C[C@H]1CCCO1)c1ccccc1. The molecule has 1 saturated heterocycles. The number of fused-ring (bicyclic) bond motifs is 1. The van der Waals surface area contributed by atoms with Crippen LogP contribution in [0.4, 0.5) is 0 Å². The zero-order valence-electron chi connectivity index (χ0n) is 16.6. The van der Waals surface area contributed by atoms with E-state index in [0.717, 1.165) is 25.0 Å². The number of Topliss-reactive ketones (excluding diaryl/α,β-unsaturated/α-hetero) is 1. The van der Waals surface area contributed by atoms with Gasteiger partial charge in [-0.1, -0.05) is 53.7 Å². The van der Waals surface area contributed by atoms with Crippen molar-refractivity contribution in [1.82, 2.24) is 9.55 Å². The molecule has 2 aromatic carbocycles. The van der Waals surface area contributed by atoms with E-state index in [0.29, 0.717) is 46.2 Å². The fourth-order valence-corrected chi connectivity index (χ4v) is 4.72. The number of halogens is 1. The summed E-state index contributed by atoms with van der Waals surface area (Å²) in [6, 6.07) is 14.5. The van der Waals surface area contributed by atoms with Crippen molar-refractivity contribution in [2.24, 2.45) is 0 Å². The van der Waals surface area contributed by atoms with E-state index in [1.54, 1.807) is 22.8 Å². The number of rotatable bonds is 8. The second kappa shape index (κ2) is 9.77. The lowest BCUT2D eigenvalue weighted by molar-refractivity contribution is 0.0937. The van der Waals surface area contributed by atoms with Gasteiger partial charge in [-0.25, -0.2) is 4.98 Å². The molecule has 30 heavy (non-hydrogen) atoms. The maximum atomic E-state index is 13.1. The van der Waals surface area contributed by atoms with Crippen molar-refractivity contribution in [1.29, 1.82) is 0 Å². The van der Waals surface area contributed by atoms with E-state index in [1.165, 1.54) is 11.8 Å². The van der Waals surface area contributed by atoms with Crippen LogP contribution in [0, 0.1) is 0 Å². The number of nitrogens with zero attached hydrogens (tertiary/aromatic N) is 2. The number of benzene rings is 2. The fourth-order valence-electron chi connectivity index (χ4n) is 3.60. The summed E-state index contributed by atoms with van der Waals surface area (Å²) in [5, 5.41) is 1.76. The third-order valence-electron chi connectivity index (χ3n) is 5.17. The predicted molar refractivity (Wildman–Crippen MR) is 121 cm³/mol. The molecule has 2 heterocycles. The Kier molecular flexibility index (Phi) is 6.87. The van der Waals surface area contributed by atoms with Crippen LogP contribution >= 0.6 is 23.4 Å². The first-order valence-electron chi connectivity index (χ1n) is 10.1. The monoisotopic (exact) mass is 442 g/mol. The van der Waals surface area contributed by atoms with Gasteiger partial charge in [0.1, 0.15) is 0 Å². The minimum atomic E-state index is -0.0740. The number of ether oxygens (including phenoxy) is 1. The molecule has 1 aliphatic heterocycles. The molecule has 4 rings (SSSR count). The molecule has 0 aliphatic carbocycles. The standard InChI is InChI=1S/C23H23ClN2O3S/c24-17-10-11-19-20(14-17)25-23(26(22(19)28)15-18-8-4-12-29-18)30-13-5-9-21(27)16-6-2-1-3-7-16/h1-3,6-7,10-11,14,18H,4-5,8-9,12-13,15H2/t18-/m1/s1. The first-order chi connectivity index (χ1) is 14.6. The largest absolute Gasteiger partial charge is 0.376 e. The van der Waals surface area contributed by atoms with E-state index in [-0.39, 0.29) is 17.4 Å².